The summed E-state index contributed by atoms with van der Waals surface area (Å²) in [6.45, 7) is 0. The number of halogens is 1. The zero-order valence-electron chi connectivity index (χ0n) is 9.60. The second-order valence-corrected chi connectivity index (χ2v) is 3.98. The molecule has 2 rings (SSSR count). The van der Waals surface area contributed by atoms with Crippen LogP contribution in [-0.4, -0.2) is 14.2 Å². The highest BCUT2D eigenvalue weighted by Crippen LogP contribution is 2.41. The van der Waals surface area contributed by atoms with Crippen molar-refractivity contribution in [3.8, 4) is 11.5 Å². The van der Waals surface area contributed by atoms with Gasteiger partial charge in [0.1, 0.15) is 0 Å². The maximum Gasteiger partial charge on any atom is 0.161 e. The molecule has 1 aromatic rings. The van der Waals surface area contributed by atoms with Crippen molar-refractivity contribution in [1.29, 1.82) is 0 Å². The number of hydrogen-bond donors (Lipinski definition) is 1. The Morgan fingerprint density at radius 2 is 1.81 bits per heavy atom. The van der Waals surface area contributed by atoms with Crippen LogP contribution in [0.15, 0.2) is 18.2 Å². The Hall–Kier alpha value is -0.930. The second kappa shape index (κ2) is 5.41. The molecule has 0 bridgehead atoms. The highest BCUT2D eigenvalue weighted by Gasteiger charge is 2.29. The summed E-state index contributed by atoms with van der Waals surface area (Å²) in [6.07, 6.45) is 2.49. The van der Waals surface area contributed by atoms with E-state index >= 15 is 0 Å². The van der Waals surface area contributed by atoms with Crippen LogP contribution in [0.2, 0.25) is 0 Å². The van der Waals surface area contributed by atoms with Crippen LogP contribution in [-0.2, 0) is 0 Å². The third-order valence-electron chi connectivity index (χ3n) is 2.92. The van der Waals surface area contributed by atoms with Crippen molar-refractivity contribution in [2.45, 2.75) is 18.9 Å². The van der Waals surface area contributed by atoms with Crippen molar-refractivity contribution in [3.63, 3.8) is 0 Å². The Bertz CT molecular complexity index is 353. The van der Waals surface area contributed by atoms with E-state index in [1.165, 1.54) is 12.8 Å². The quantitative estimate of drug-likeness (QED) is 0.884. The molecule has 1 aliphatic carbocycles. The Morgan fingerprint density at radius 3 is 2.31 bits per heavy atom. The minimum absolute atomic E-state index is 0. The zero-order chi connectivity index (χ0) is 10.8. The Labute approximate surface area is 102 Å². The first kappa shape index (κ1) is 13.1. The molecule has 4 heteroatoms. The average molecular weight is 244 g/mol. The molecule has 1 aliphatic rings. The van der Waals surface area contributed by atoms with Crippen LogP contribution in [0.3, 0.4) is 0 Å². The third kappa shape index (κ3) is 2.60. The van der Waals surface area contributed by atoms with E-state index in [2.05, 4.69) is 0 Å². The predicted octanol–water partition coefficient (Wildman–Crippen LogP) is 2.54. The molecule has 0 spiro atoms. The smallest absolute Gasteiger partial charge is 0.161 e. The van der Waals surface area contributed by atoms with Crippen molar-refractivity contribution >= 4 is 12.4 Å². The second-order valence-electron chi connectivity index (χ2n) is 3.98. The molecule has 0 amide bonds. The summed E-state index contributed by atoms with van der Waals surface area (Å²) < 4.78 is 10.4. The van der Waals surface area contributed by atoms with Gasteiger partial charge in [-0.25, -0.2) is 0 Å². The monoisotopic (exact) mass is 243 g/mol. The van der Waals surface area contributed by atoms with E-state index in [9.17, 15) is 0 Å². The van der Waals surface area contributed by atoms with Gasteiger partial charge in [-0.05, 0) is 36.5 Å². The van der Waals surface area contributed by atoms with Crippen LogP contribution in [0.5, 0.6) is 11.5 Å². The molecule has 2 N–H and O–H groups in total. The van der Waals surface area contributed by atoms with Crippen molar-refractivity contribution in [1.82, 2.24) is 0 Å². The lowest BCUT2D eigenvalue weighted by Gasteiger charge is -2.14. The van der Waals surface area contributed by atoms with E-state index in [1.54, 1.807) is 14.2 Å². The van der Waals surface area contributed by atoms with Crippen molar-refractivity contribution < 1.29 is 9.47 Å². The first-order valence-electron chi connectivity index (χ1n) is 5.23. The summed E-state index contributed by atoms with van der Waals surface area (Å²) >= 11 is 0. The molecule has 1 atom stereocenters. The van der Waals surface area contributed by atoms with Crippen LogP contribution in [0.1, 0.15) is 24.4 Å². The summed E-state index contributed by atoms with van der Waals surface area (Å²) in [4.78, 5) is 0. The lowest BCUT2D eigenvalue weighted by atomic mass is 10.0. The number of hydrogen-bond acceptors (Lipinski definition) is 3. The largest absolute Gasteiger partial charge is 0.493 e. The average Bonchev–Trinajstić information content (AvgIpc) is 3.11. The van der Waals surface area contributed by atoms with Gasteiger partial charge in [-0.2, -0.15) is 0 Å². The third-order valence-corrected chi connectivity index (χ3v) is 2.92. The fourth-order valence-electron chi connectivity index (χ4n) is 1.79. The minimum Gasteiger partial charge on any atom is -0.493 e. The van der Waals surface area contributed by atoms with E-state index in [0.717, 1.165) is 17.1 Å². The van der Waals surface area contributed by atoms with Gasteiger partial charge in [0, 0.05) is 6.04 Å². The molecule has 1 saturated carbocycles. The highest BCUT2D eigenvalue weighted by atomic mass is 35.5. The van der Waals surface area contributed by atoms with Crippen LogP contribution >= 0.6 is 12.4 Å². The van der Waals surface area contributed by atoms with Gasteiger partial charge >= 0.3 is 0 Å². The number of benzene rings is 1. The molecule has 0 aliphatic heterocycles. The zero-order valence-corrected chi connectivity index (χ0v) is 10.4. The Balaban J connectivity index is 0.00000128. The van der Waals surface area contributed by atoms with Gasteiger partial charge in [-0.1, -0.05) is 6.07 Å². The summed E-state index contributed by atoms with van der Waals surface area (Å²) in [5, 5.41) is 0. The lowest BCUT2D eigenvalue weighted by molar-refractivity contribution is 0.354. The molecule has 90 valence electrons. The van der Waals surface area contributed by atoms with E-state index in [1.807, 2.05) is 18.2 Å². The molecule has 1 fully saturated rings. The van der Waals surface area contributed by atoms with E-state index in [0.29, 0.717) is 5.92 Å². The normalized spacial score (nSPS) is 16.2. The maximum absolute atomic E-state index is 6.12. The first-order chi connectivity index (χ1) is 7.26. The van der Waals surface area contributed by atoms with Gasteiger partial charge in [-0.3, -0.25) is 0 Å². The van der Waals surface area contributed by atoms with E-state index in [4.69, 9.17) is 15.2 Å². The lowest BCUT2D eigenvalue weighted by Crippen LogP contribution is -2.12. The summed E-state index contributed by atoms with van der Waals surface area (Å²) in [5.41, 5.74) is 7.25. The molecule has 0 aromatic heterocycles. The van der Waals surface area contributed by atoms with Gasteiger partial charge in [0.05, 0.1) is 14.2 Å². The maximum atomic E-state index is 6.12. The fourth-order valence-corrected chi connectivity index (χ4v) is 1.79. The van der Waals surface area contributed by atoms with Gasteiger partial charge < -0.3 is 15.2 Å². The molecule has 0 heterocycles. The SMILES string of the molecule is COc1ccc([C@@H](N)C2CC2)cc1OC.Cl. The van der Waals surface area contributed by atoms with Gasteiger partial charge in [0.15, 0.2) is 11.5 Å². The number of nitrogens with two attached hydrogens (primary N) is 1. The minimum atomic E-state index is 0. The van der Waals surface area contributed by atoms with Gasteiger partial charge in [-0.15, -0.1) is 12.4 Å². The van der Waals surface area contributed by atoms with Crippen LogP contribution in [0.25, 0.3) is 0 Å². The van der Waals surface area contributed by atoms with Crippen LogP contribution in [0, 0.1) is 5.92 Å². The number of methoxy groups -OCH3 is 2. The van der Waals surface area contributed by atoms with Crippen molar-refractivity contribution in [2.24, 2.45) is 11.7 Å². The molecule has 0 radical (unpaired) electrons. The highest BCUT2D eigenvalue weighted by molar-refractivity contribution is 5.85. The molecular formula is C12H18ClNO2. The molecule has 0 saturated heterocycles. The van der Waals surface area contributed by atoms with E-state index in [-0.39, 0.29) is 18.4 Å². The van der Waals surface area contributed by atoms with Gasteiger partial charge in [0.2, 0.25) is 0 Å². The van der Waals surface area contributed by atoms with Crippen LogP contribution in [0.4, 0.5) is 0 Å². The molecular weight excluding hydrogens is 226 g/mol. The molecule has 16 heavy (non-hydrogen) atoms. The van der Waals surface area contributed by atoms with Crippen molar-refractivity contribution in [3.05, 3.63) is 23.8 Å². The molecule has 1 aromatic carbocycles. The fraction of sp³-hybridized carbons (Fsp3) is 0.500. The Kier molecular flexibility index (Phi) is 4.44. The molecule has 0 unspecified atom stereocenters. The topological polar surface area (TPSA) is 44.5 Å². The van der Waals surface area contributed by atoms with Crippen LogP contribution < -0.4 is 15.2 Å². The molecule has 3 nitrogen and oxygen atoms in total. The van der Waals surface area contributed by atoms with E-state index < -0.39 is 0 Å². The first-order valence-corrected chi connectivity index (χ1v) is 5.23. The van der Waals surface area contributed by atoms with Gasteiger partial charge in [0.25, 0.3) is 0 Å². The van der Waals surface area contributed by atoms with Crippen molar-refractivity contribution in [2.75, 3.05) is 14.2 Å². The summed E-state index contributed by atoms with van der Waals surface area (Å²) in [6, 6.07) is 6.05. The summed E-state index contributed by atoms with van der Waals surface area (Å²) in [7, 11) is 3.28. The standard InChI is InChI=1S/C12H17NO2.ClH/c1-14-10-6-5-9(7-11(10)15-2)12(13)8-3-4-8;/h5-8,12H,3-4,13H2,1-2H3;1H/t12-;/m0./s1. The summed E-state index contributed by atoms with van der Waals surface area (Å²) in [5.74, 6) is 2.17. The number of rotatable bonds is 4. The Morgan fingerprint density at radius 1 is 1.19 bits per heavy atom. The predicted molar refractivity (Wildman–Crippen MR) is 66.4 cm³/mol. The number of ether oxygens (including phenoxy) is 2.